The van der Waals surface area contributed by atoms with E-state index in [4.69, 9.17) is 14.2 Å². The van der Waals surface area contributed by atoms with E-state index in [1.807, 2.05) is 17.9 Å². The van der Waals surface area contributed by atoms with Crippen molar-refractivity contribution in [3.63, 3.8) is 0 Å². The monoisotopic (exact) mass is 451 g/mol. The molecule has 1 saturated heterocycles. The molecule has 0 spiro atoms. The number of hydrogen-bond donors (Lipinski definition) is 1. The molecule has 0 saturated carbocycles. The number of aromatic nitrogens is 1. The number of rotatable bonds is 5. The van der Waals surface area contributed by atoms with Gasteiger partial charge in [-0.05, 0) is 42.5 Å². The van der Waals surface area contributed by atoms with Crippen LogP contribution in [0.3, 0.4) is 0 Å². The zero-order chi connectivity index (χ0) is 23.1. The fourth-order valence-corrected chi connectivity index (χ4v) is 5.07. The summed E-state index contributed by atoms with van der Waals surface area (Å²) in [5, 5.41) is 2.88. The topological polar surface area (TPSA) is 90.0 Å². The summed E-state index contributed by atoms with van der Waals surface area (Å²) in [6.45, 7) is 4.99. The first-order valence-corrected chi connectivity index (χ1v) is 11.6. The Hall–Kier alpha value is -3.29. The molecule has 4 heterocycles. The molecule has 8 heteroatoms. The van der Waals surface area contributed by atoms with Gasteiger partial charge in [0.25, 0.3) is 5.91 Å². The lowest BCUT2D eigenvalue weighted by molar-refractivity contribution is -0.116. The van der Waals surface area contributed by atoms with E-state index >= 15 is 0 Å². The number of carbonyl (C=O) groups is 2. The summed E-state index contributed by atoms with van der Waals surface area (Å²) in [6, 6.07) is 3.64. The summed E-state index contributed by atoms with van der Waals surface area (Å²) in [7, 11) is 1.61. The molecule has 33 heavy (non-hydrogen) atoms. The molecule has 1 aromatic carbocycles. The Morgan fingerprint density at radius 2 is 2.12 bits per heavy atom. The van der Waals surface area contributed by atoms with Crippen LogP contribution in [0.5, 0.6) is 17.4 Å². The average Bonchev–Trinajstić information content (AvgIpc) is 3.15. The van der Waals surface area contributed by atoms with Crippen molar-refractivity contribution >= 4 is 17.5 Å². The minimum Gasteiger partial charge on any atom is -0.495 e. The van der Waals surface area contributed by atoms with Gasteiger partial charge in [0.05, 0.1) is 25.4 Å². The summed E-state index contributed by atoms with van der Waals surface area (Å²) in [6.07, 6.45) is 5.15. The molecule has 0 aliphatic carbocycles. The van der Waals surface area contributed by atoms with E-state index in [1.54, 1.807) is 19.4 Å². The summed E-state index contributed by atoms with van der Waals surface area (Å²) in [5.74, 6) is 1.58. The van der Waals surface area contributed by atoms with Crippen molar-refractivity contribution in [3.05, 3.63) is 40.6 Å². The fourth-order valence-electron chi connectivity index (χ4n) is 5.07. The first-order chi connectivity index (χ1) is 16.0. The molecule has 0 bridgehead atoms. The van der Waals surface area contributed by atoms with Crippen LogP contribution in [-0.4, -0.2) is 54.1 Å². The molecule has 2 atom stereocenters. The van der Waals surface area contributed by atoms with E-state index in [-0.39, 0.29) is 24.0 Å². The molecular weight excluding hydrogens is 422 g/mol. The van der Waals surface area contributed by atoms with Crippen LogP contribution in [-0.2, 0) is 17.6 Å². The second-order valence-electron chi connectivity index (χ2n) is 8.95. The van der Waals surface area contributed by atoms with Gasteiger partial charge in [0.1, 0.15) is 29.8 Å². The maximum absolute atomic E-state index is 13.6. The molecule has 2 amide bonds. The number of amides is 2. The number of methoxy groups -OCH3 is 1. The number of pyridine rings is 1. The second-order valence-corrected chi connectivity index (χ2v) is 8.95. The first kappa shape index (κ1) is 21.6. The molecule has 3 aliphatic rings. The van der Waals surface area contributed by atoms with Gasteiger partial charge in [-0.3, -0.25) is 9.59 Å². The molecule has 1 N–H and O–H groups in total. The van der Waals surface area contributed by atoms with Gasteiger partial charge in [-0.2, -0.15) is 0 Å². The SMILES string of the molecule is CCCc1c(C)cc2c(c1OC)C(=O)N1C[C@@H](Oc3cc4c(cn3)CCC(=O)N4)C[C@@H]1CO2. The molecule has 8 nitrogen and oxygen atoms in total. The lowest BCUT2D eigenvalue weighted by atomic mass is 9.97. The third kappa shape index (κ3) is 3.87. The highest BCUT2D eigenvalue weighted by Gasteiger charge is 2.42. The van der Waals surface area contributed by atoms with Gasteiger partial charge in [0.15, 0.2) is 0 Å². The normalized spacial score (nSPS) is 21.4. The van der Waals surface area contributed by atoms with E-state index in [1.165, 1.54) is 0 Å². The van der Waals surface area contributed by atoms with Gasteiger partial charge in [-0.25, -0.2) is 4.98 Å². The van der Waals surface area contributed by atoms with Gasteiger partial charge < -0.3 is 24.4 Å². The largest absolute Gasteiger partial charge is 0.495 e. The van der Waals surface area contributed by atoms with Crippen LogP contribution in [0.2, 0.25) is 0 Å². The zero-order valence-corrected chi connectivity index (χ0v) is 19.3. The maximum Gasteiger partial charge on any atom is 0.261 e. The lowest BCUT2D eigenvalue weighted by Crippen LogP contribution is -2.37. The Bertz CT molecular complexity index is 1120. The highest BCUT2D eigenvalue weighted by atomic mass is 16.5. The maximum atomic E-state index is 13.6. The predicted molar refractivity (Wildman–Crippen MR) is 122 cm³/mol. The third-order valence-corrected chi connectivity index (χ3v) is 6.70. The molecule has 1 fully saturated rings. The van der Waals surface area contributed by atoms with Crippen LogP contribution in [0.25, 0.3) is 0 Å². The quantitative estimate of drug-likeness (QED) is 0.750. The molecule has 3 aliphatic heterocycles. The number of carbonyl (C=O) groups excluding carboxylic acids is 2. The number of nitrogens with zero attached hydrogens (tertiary/aromatic N) is 2. The summed E-state index contributed by atoms with van der Waals surface area (Å²) in [5.41, 5.74) is 4.40. The number of ether oxygens (including phenoxy) is 3. The number of nitrogens with one attached hydrogen (secondary N) is 1. The Balaban J connectivity index is 1.38. The van der Waals surface area contributed by atoms with E-state index in [0.29, 0.717) is 55.4 Å². The van der Waals surface area contributed by atoms with Gasteiger partial charge >= 0.3 is 0 Å². The number of fused-ring (bicyclic) bond motifs is 3. The number of anilines is 1. The standard InChI is InChI=1S/C25H29N3O5/c1-4-5-18-14(2)8-20-23(24(18)31-3)25(30)28-12-17(9-16(28)13-32-20)33-22-10-19-15(11-26-22)6-7-21(29)27-19/h8,10-11,16-17H,4-7,9,12-13H2,1-3H3,(H,27,29)/t16-,17+/m1/s1. The van der Waals surface area contributed by atoms with Gasteiger partial charge in [0.2, 0.25) is 11.8 Å². The molecule has 0 radical (unpaired) electrons. The van der Waals surface area contributed by atoms with Crippen molar-refractivity contribution < 1.29 is 23.8 Å². The highest BCUT2D eigenvalue weighted by Crippen LogP contribution is 2.40. The summed E-state index contributed by atoms with van der Waals surface area (Å²) >= 11 is 0. The van der Waals surface area contributed by atoms with E-state index < -0.39 is 0 Å². The minimum absolute atomic E-state index is 0.00179. The Labute approximate surface area is 193 Å². The van der Waals surface area contributed by atoms with Crippen molar-refractivity contribution in [3.8, 4) is 17.4 Å². The van der Waals surface area contributed by atoms with Crippen molar-refractivity contribution in [2.45, 2.75) is 58.1 Å². The number of benzene rings is 1. The van der Waals surface area contributed by atoms with Gasteiger partial charge in [-0.1, -0.05) is 13.3 Å². The van der Waals surface area contributed by atoms with Crippen molar-refractivity contribution in [1.29, 1.82) is 0 Å². The Kier molecular flexibility index (Phi) is 5.60. The summed E-state index contributed by atoms with van der Waals surface area (Å²) in [4.78, 5) is 31.6. The summed E-state index contributed by atoms with van der Waals surface area (Å²) < 4.78 is 18.0. The number of hydrogen-bond acceptors (Lipinski definition) is 6. The molecule has 174 valence electrons. The van der Waals surface area contributed by atoms with Crippen LogP contribution in [0, 0.1) is 6.92 Å². The molecule has 2 aromatic rings. The lowest BCUT2D eigenvalue weighted by Gasteiger charge is -2.22. The van der Waals surface area contributed by atoms with Crippen LogP contribution in [0.1, 0.15) is 53.2 Å². The molecular formula is C25H29N3O5. The molecule has 5 rings (SSSR count). The third-order valence-electron chi connectivity index (χ3n) is 6.70. The Morgan fingerprint density at radius 3 is 2.91 bits per heavy atom. The molecule has 1 aromatic heterocycles. The average molecular weight is 452 g/mol. The zero-order valence-electron chi connectivity index (χ0n) is 19.3. The van der Waals surface area contributed by atoms with Crippen molar-refractivity contribution in [1.82, 2.24) is 9.88 Å². The molecule has 0 unspecified atom stereocenters. The van der Waals surface area contributed by atoms with Gasteiger partial charge in [-0.15, -0.1) is 0 Å². The Morgan fingerprint density at radius 1 is 1.27 bits per heavy atom. The highest BCUT2D eigenvalue weighted by molar-refractivity contribution is 6.01. The first-order valence-electron chi connectivity index (χ1n) is 11.6. The second kappa shape index (κ2) is 8.57. The van der Waals surface area contributed by atoms with E-state index in [0.717, 1.165) is 35.2 Å². The van der Waals surface area contributed by atoms with Crippen LogP contribution >= 0.6 is 0 Å². The van der Waals surface area contributed by atoms with E-state index in [9.17, 15) is 9.59 Å². The smallest absolute Gasteiger partial charge is 0.261 e. The van der Waals surface area contributed by atoms with Crippen molar-refractivity contribution in [2.24, 2.45) is 0 Å². The van der Waals surface area contributed by atoms with Crippen LogP contribution < -0.4 is 19.5 Å². The van der Waals surface area contributed by atoms with Crippen molar-refractivity contribution in [2.75, 3.05) is 25.6 Å². The predicted octanol–water partition coefficient (Wildman–Crippen LogP) is 3.29. The fraction of sp³-hybridized carbons (Fsp3) is 0.480. The minimum atomic E-state index is -0.208. The van der Waals surface area contributed by atoms with Gasteiger partial charge in [0, 0.05) is 25.1 Å². The van der Waals surface area contributed by atoms with Crippen LogP contribution in [0.4, 0.5) is 5.69 Å². The van der Waals surface area contributed by atoms with Crippen LogP contribution in [0.15, 0.2) is 18.3 Å². The van der Waals surface area contributed by atoms with E-state index in [2.05, 4.69) is 17.2 Å². The number of aryl methyl sites for hydroxylation is 2.